The van der Waals surface area contributed by atoms with Crippen LogP contribution in [0.15, 0.2) is 94.7 Å². The van der Waals surface area contributed by atoms with Crippen molar-refractivity contribution >= 4 is 48.7 Å². The number of carboxylic acid groups (broad SMARTS) is 1. The topological polar surface area (TPSA) is 195 Å². The molecule has 0 unspecified atom stereocenters. The van der Waals surface area contributed by atoms with Crippen LogP contribution in [0.4, 0.5) is 4.79 Å². The van der Waals surface area contributed by atoms with Crippen LogP contribution < -0.4 is 18.9 Å². The second-order valence-electron chi connectivity index (χ2n) is 14.3. The molecule has 1 atom stereocenters. The first-order valence-electron chi connectivity index (χ1n) is 17.9. The Morgan fingerprint density at radius 2 is 1.29 bits per heavy atom. The van der Waals surface area contributed by atoms with Crippen LogP contribution in [0, 0.1) is 3.57 Å². The van der Waals surface area contributed by atoms with Gasteiger partial charge in [0, 0.05) is 34.8 Å². The number of halogens is 1. The van der Waals surface area contributed by atoms with Gasteiger partial charge < -0.3 is 24.2 Å². The molecule has 5 rings (SSSR count). The molecule has 0 saturated carbocycles. The first-order valence-corrected chi connectivity index (χ1v) is 21.9. The Morgan fingerprint density at radius 3 is 1.74 bits per heavy atom. The standard InChI is InChI=1S/C39H46IN7O9S2/c1-26(22-46(38(48)49)39(2,3)4)43-57(50,51)34-21-20-33(40)35(37-41-44-47(42-37)25-29-12-18-32(56-7)19-13-29)36(34)58(52,53)45(23-27-8-14-30(54-5)15-9-27)24-28-10-16-31(55-6)17-11-28/h8-21,26,43H,22-25H2,1-7H3,(H,48,49)/t26-/m0/s1. The predicted octanol–water partition coefficient (Wildman–Crippen LogP) is 5.86. The molecule has 5 aromatic rings. The summed E-state index contributed by atoms with van der Waals surface area (Å²) in [7, 11) is -4.87. The third-order valence-electron chi connectivity index (χ3n) is 9.01. The van der Waals surface area contributed by atoms with E-state index in [2.05, 4.69) is 20.1 Å². The number of methoxy groups -OCH3 is 3. The van der Waals surface area contributed by atoms with Crippen molar-refractivity contribution in [2.24, 2.45) is 0 Å². The lowest BCUT2D eigenvalue weighted by atomic mass is 10.1. The maximum atomic E-state index is 15.4. The zero-order chi connectivity index (χ0) is 42.4. The zero-order valence-corrected chi connectivity index (χ0v) is 36.9. The van der Waals surface area contributed by atoms with Gasteiger partial charge in [-0.2, -0.15) is 9.10 Å². The van der Waals surface area contributed by atoms with Gasteiger partial charge in [0.05, 0.1) is 33.4 Å². The monoisotopic (exact) mass is 947 g/mol. The van der Waals surface area contributed by atoms with Crippen LogP contribution in [0.5, 0.6) is 17.2 Å². The molecule has 4 aromatic carbocycles. The molecule has 0 saturated heterocycles. The van der Waals surface area contributed by atoms with Crippen molar-refractivity contribution < 1.29 is 40.9 Å². The second-order valence-corrected chi connectivity index (χ2v) is 19.0. The summed E-state index contributed by atoms with van der Waals surface area (Å²) in [6.45, 7) is 6.19. The molecule has 0 bridgehead atoms. The Balaban J connectivity index is 1.68. The molecule has 1 aromatic heterocycles. The van der Waals surface area contributed by atoms with Crippen LogP contribution in [0.25, 0.3) is 11.4 Å². The second kappa shape index (κ2) is 18.4. The number of hydrogen-bond acceptors (Lipinski definition) is 11. The van der Waals surface area contributed by atoms with E-state index in [1.165, 1.54) is 42.4 Å². The highest BCUT2D eigenvalue weighted by Crippen LogP contribution is 2.38. The number of nitrogens with zero attached hydrogens (tertiary/aromatic N) is 6. The summed E-state index contributed by atoms with van der Waals surface area (Å²) in [6.07, 6.45) is -1.24. The van der Waals surface area contributed by atoms with Gasteiger partial charge in [-0.1, -0.05) is 36.4 Å². The Hall–Kier alpha value is -4.83. The van der Waals surface area contributed by atoms with E-state index in [0.29, 0.717) is 31.9 Å². The first kappa shape index (κ1) is 44.3. The number of ether oxygens (including phenoxy) is 3. The molecule has 0 radical (unpaired) electrons. The Labute approximate surface area is 352 Å². The predicted molar refractivity (Wildman–Crippen MR) is 225 cm³/mol. The molecule has 0 aliphatic rings. The normalized spacial score (nSPS) is 12.6. The molecule has 1 heterocycles. The van der Waals surface area contributed by atoms with E-state index in [4.69, 9.17) is 14.2 Å². The lowest BCUT2D eigenvalue weighted by Crippen LogP contribution is -2.51. The summed E-state index contributed by atoms with van der Waals surface area (Å²) in [4.78, 5) is 13.4. The number of hydrogen-bond donors (Lipinski definition) is 2. The molecular weight excluding hydrogens is 902 g/mol. The minimum absolute atomic E-state index is 0.0755. The van der Waals surface area contributed by atoms with Crippen molar-refractivity contribution in [1.82, 2.24) is 34.1 Å². The number of sulfonamides is 2. The summed E-state index contributed by atoms with van der Waals surface area (Å²) >= 11 is 1.93. The number of benzene rings is 4. The fourth-order valence-electron chi connectivity index (χ4n) is 6.02. The van der Waals surface area contributed by atoms with Gasteiger partial charge in [0.1, 0.15) is 27.0 Å². The molecule has 0 fully saturated rings. The Bertz CT molecular complexity index is 2370. The summed E-state index contributed by atoms with van der Waals surface area (Å²) in [5.74, 6) is 1.67. The summed E-state index contributed by atoms with van der Waals surface area (Å²) in [5.41, 5.74) is 1.07. The summed E-state index contributed by atoms with van der Waals surface area (Å²) < 4.78 is 79.9. The van der Waals surface area contributed by atoms with Crippen LogP contribution >= 0.6 is 22.6 Å². The summed E-state index contributed by atoms with van der Waals surface area (Å²) in [5, 5.41) is 22.9. The van der Waals surface area contributed by atoms with Crippen molar-refractivity contribution in [2.45, 2.75) is 68.7 Å². The number of tetrazole rings is 1. The number of rotatable bonds is 17. The molecule has 0 aliphatic carbocycles. The van der Waals surface area contributed by atoms with E-state index in [1.54, 1.807) is 88.5 Å². The first-order chi connectivity index (χ1) is 27.4. The third kappa shape index (κ3) is 10.6. The molecule has 58 heavy (non-hydrogen) atoms. The van der Waals surface area contributed by atoms with E-state index >= 15 is 8.42 Å². The molecule has 1 amide bonds. The van der Waals surface area contributed by atoms with Gasteiger partial charge in [-0.25, -0.2) is 26.4 Å². The van der Waals surface area contributed by atoms with E-state index in [-0.39, 0.29) is 37.6 Å². The minimum atomic E-state index is -4.79. The van der Waals surface area contributed by atoms with Crippen molar-refractivity contribution in [3.63, 3.8) is 0 Å². The van der Waals surface area contributed by atoms with Crippen molar-refractivity contribution in [2.75, 3.05) is 27.9 Å². The van der Waals surface area contributed by atoms with Gasteiger partial charge in [-0.3, -0.25) is 0 Å². The molecule has 0 aliphatic heterocycles. The lowest BCUT2D eigenvalue weighted by Gasteiger charge is -2.35. The molecule has 19 heteroatoms. The minimum Gasteiger partial charge on any atom is -0.497 e. The van der Waals surface area contributed by atoms with Crippen LogP contribution in [0.3, 0.4) is 0 Å². The maximum Gasteiger partial charge on any atom is 0.407 e. The van der Waals surface area contributed by atoms with Gasteiger partial charge in [0.15, 0.2) is 0 Å². The van der Waals surface area contributed by atoms with Crippen molar-refractivity contribution in [1.29, 1.82) is 0 Å². The van der Waals surface area contributed by atoms with Crippen LogP contribution in [0.1, 0.15) is 44.4 Å². The molecule has 0 spiro atoms. The Kier molecular flexibility index (Phi) is 14.0. The third-order valence-corrected chi connectivity index (χ3v) is 13.5. The van der Waals surface area contributed by atoms with Gasteiger partial charge in [0.2, 0.25) is 25.9 Å². The van der Waals surface area contributed by atoms with Gasteiger partial charge >= 0.3 is 6.09 Å². The lowest BCUT2D eigenvalue weighted by molar-refractivity contribution is 0.0960. The number of aromatic nitrogens is 4. The quantitative estimate of drug-likeness (QED) is 0.106. The van der Waals surface area contributed by atoms with Crippen LogP contribution in [-0.4, -0.2) is 96.9 Å². The smallest absolute Gasteiger partial charge is 0.407 e. The van der Waals surface area contributed by atoms with Crippen molar-refractivity contribution in [3.05, 3.63) is 105 Å². The largest absolute Gasteiger partial charge is 0.497 e. The van der Waals surface area contributed by atoms with Gasteiger partial charge in [-0.05, 0) is 121 Å². The zero-order valence-electron chi connectivity index (χ0n) is 33.1. The van der Waals surface area contributed by atoms with Crippen LogP contribution in [0.2, 0.25) is 0 Å². The van der Waals surface area contributed by atoms with Gasteiger partial charge in [0.25, 0.3) is 0 Å². The van der Waals surface area contributed by atoms with E-state index in [0.717, 1.165) is 10.5 Å². The molecular formula is C39H46IN7O9S2. The number of nitrogens with one attached hydrogen (secondary N) is 1. The summed E-state index contributed by atoms with van der Waals surface area (Å²) in [6, 6.07) is 22.6. The SMILES string of the molecule is COc1ccc(CN(Cc2ccc(OC)cc2)S(=O)(=O)c2c(S(=O)(=O)N[C@@H](C)CN(C(=O)O)C(C)(C)C)ccc(I)c2-c2nnn(Cc3ccc(OC)cc3)n2)cc1. The molecule has 2 N–H and O–H groups in total. The molecule has 310 valence electrons. The number of amides is 1. The highest BCUT2D eigenvalue weighted by atomic mass is 127. The van der Waals surface area contributed by atoms with Crippen LogP contribution in [-0.2, 0) is 39.7 Å². The van der Waals surface area contributed by atoms with E-state index < -0.39 is 47.5 Å². The van der Waals surface area contributed by atoms with Gasteiger partial charge in [-0.15, -0.1) is 10.2 Å². The molecule has 16 nitrogen and oxygen atoms in total. The average Bonchev–Trinajstić information content (AvgIpc) is 3.64. The highest BCUT2D eigenvalue weighted by Gasteiger charge is 2.38. The number of carbonyl (C=O) groups is 1. The fraction of sp³-hybridized carbons (Fsp3) is 0.333. The van der Waals surface area contributed by atoms with E-state index in [1.807, 2.05) is 34.7 Å². The highest BCUT2D eigenvalue weighted by molar-refractivity contribution is 14.1. The van der Waals surface area contributed by atoms with Crippen molar-refractivity contribution in [3.8, 4) is 28.6 Å². The van der Waals surface area contributed by atoms with E-state index in [9.17, 15) is 18.3 Å². The maximum absolute atomic E-state index is 15.4. The fourth-order valence-corrected chi connectivity index (χ4v) is 10.5. The average molecular weight is 948 g/mol. The Morgan fingerprint density at radius 1 is 0.810 bits per heavy atom.